The Bertz CT molecular complexity index is 751. The van der Waals surface area contributed by atoms with Gasteiger partial charge in [-0.15, -0.1) is 11.3 Å². The molecule has 8 heteroatoms. The van der Waals surface area contributed by atoms with Crippen molar-refractivity contribution in [1.29, 1.82) is 0 Å². The second-order valence-electron chi connectivity index (χ2n) is 5.51. The highest BCUT2D eigenvalue weighted by molar-refractivity contribution is 7.18. The molecule has 0 aliphatic carbocycles. The molecule has 0 bridgehead atoms. The van der Waals surface area contributed by atoms with Gasteiger partial charge in [-0.25, -0.2) is 4.79 Å². The fourth-order valence-corrected chi connectivity index (χ4v) is 2.90. The van der Waals surface area contributed by atoms with Crippen LogP contribution in [0.25, 0.3) is 0 Å². The Morgan fingerprint density at radius 1 is 1.36 bits per heavy atom. The topological polar surface area (TPSA) is 97.6 Å². The number of carbonyl (C=O) groups excluding carboxylic acids is 3. The first kappa shape index (κ1) is 18.7. The second kappa shape index (κ2) is 8.48. The SMILES string of the molecule is CCC(C)NC(=O)COC(=O)c1sc(NC(=O)c2ccco2)cc1C. The number of hydrogen-bond acceptors (Lipinski definition) is 6. The second-order valence-corrected chi connectivity index (χ2v) is 6.56. The number of furan rings is 1. The molecule has 25 heavy (non-hydrogen) atoms. The van der Waals surface area contributed by atoms with E-state index in [1.807, 2.05) is 13.8 Å². The van der Waals surface area contributed by atoms with Gasteiger partial charge >= 0.3 is 5.97 Å². The minimum Gasteiger partial charge on any atom is -0.459 e. The quantitative estimate of drug-likeness (QED) is 0.736. The number of esters is 1. The first-order chi connectivity index (χ1) is 11.9. The third-order valence-corrected chi connectivity index (χ3v) is 4.57. The van der Waals surface area contributed by atoms with Crippen LogP contribution in [0.3, 0.4) is 0 Å². The lowest BCUT2D eigenvalue weighted by Crippen LogP contribution is -2.35. The van der Waals surface area contributed by atoms with E-state index < -0.39 is 11.9 Å². The molecule has 0 fully saturated rings. The van der Waals surface area contributed by atoms with Crippen molar-refractivity contribution < 1.29 is 23.5 Å². The number of amides is 2. The van der Waals surface area contributed by atoms with Gasteiger partial charge in [-0.1, -0.05) is 6.92 Å². The van der Waals surface area contributed by atoms with Gasteiger partial charge in [-0.05, 0) is 44.0 Å². The first-order valence-corrected chi connectivity index (χ1v) is 8.64. The van der Waals surface area contributed by atoms with Crippen LogP contribution >= 0.6 is 11.3 Å². The van der Waals surface area contributed by atoms with E-state index in [4.69, 9.17) is 9.15 Å². The molecule has 0 radical (unpaired) electrons. The van der Waals surface area contributed by atoms with E-state index in [9.17, 15) is 14.4 Å². The molecule has 0 saturated carbocycles. The first-order valence-electron chi connectivity index (χ1n) is 7.82. The Balaban J connectivity index is 1.93. The normalized spacial score (nSPS) is 11.6. The maximum atomic E-state index is 12.1. The van der Waals surface area contributed by atoms with E-state index in [2.05, 4.69) is 10.6 Å². The number of rotatable bonds is 7. The largest absolute Gasteiger partial charge is 0.459 e. The Morgan fingerprint density at radius 3 is 2.76 bits per heavy atom. The Morgan fingerprint density at radius 2 is 2.12 bits per heavy atom. The molecular formula is C17H20N2O5S. The van der Waals surface area contributed by atoms with Crippen LogP contribution in [-0.4, -0.2) is 30.4 Å². The number of hydrogen-bond donors (Lipinski definition) is 2. The number of carbonyl (C=O) groups is 3. The van der Waals surface area contributed by atoms with Crippen molar-refractivity contribution in [3.05, 3.63) is 40.7 Å². The van der Waals surface area contributed by atoms with Crippen molar-refractivity contribution in [2.45, 2.75) is 33.2 Å². The molecule has 2 amide bonds. The molecule has 0 aliphatic heterocycles. The molecule has 0 spiro atoms. The van der Waals surface area contributed by atoms with Crippen LogP contribution in [0.1, 0.15) is 46.1 Å². The summed E-state index contributed by atoms with van der Waals surface area (Å²) in [5, 5.41) is 5.87. The minimum absolute atomic E-state index is 0.0260. The number of thiophene rings is 1. The highest BCUT2D eigenvalue weighted by Crippen LogP contribution is 2.27. The van der Waals surface area contributed by atoms with Gasteiger partial charge in [-0.2, -0.15) is 0 Å². The van der Waals surface area contributed by atoms with Crippen LogP contribution in [0, 0.1) is 6.92 Å². The highest BCUT2D eigenvalue weighted by atomic mass is 32.1. The number of aryl methyl sites for hydroxylation is 1. The number of ether oxygens (including phenoxy) is 1. The number of nitrogens with one attached hydrogen (secondary N) is 2. The lowest BCUT2D eigenvalue weighted by atomic mass is 10.2. The van der Waals surface area contributed by atoms with Crippen LogP contribution < -0.4 is 10.6 Å². The van der Waals surface area contributed by atoms with Crippen LogP contribution in [0.15, 0.2) is 28.9 Å². The third kappa shape index (κ3) is 5.18. The average molecular weight is 364 g/mol. The minimum atomic E-state index is -0.597. The van der Waals surface area contributed by atoms with Crippen molar-refractivity contribution in [2.24, 2.45) is 0 Å². The monoisotopic (exact) mass is 364 g/mol. The molecule has 2 aromatic rings. The molecule has 134 valence electrons. The van der Waals surface area contributed by atoms with Gasteiger partial charge in [0.25, 0.3) is 11.8 Å². The predicted molar refractivity (Wildman–Crippen MR) is 93.9 cm³/mol. The zero-order valence-electron chi connectivity index (χ0n) is 14.3. The Kier molecular flexibility index (Phi) is 6.35. The molecule has 2 heterocycles. The van der Waals surface area contributed by atoms with E-state index in [1.54, 1.807) is 25.1 Å². The summed E-state index contributed by atoms with van der Waals surface area (Å²) in [7, 11) is 0. The summed E-state index contributed by atoms with van der Waals surface area (Å²) < 4.78 is 10.0. The van der Waals surface area contributed by atoms with Crippen molar-refractivity contribution in [1.82, 2.24) is 5.32 Å². The van der Waals surface area contributed by atoms with Crippen molar-refractivity contribution in [2.75, 3.05) is 11.9 Å². The van der Waals surface area contributed by atoms with Gasteiger partial charge in [0.15, 0.2) is 12.4 Å². The maximum absolute atomic E-state index is 12.1. The van der Waals surface area contributed by atoms with Gasteiger partial charge < -0.3 is 19.8 Å². The van der Waals surface area contributed by atoms with Crippen LogP contribution in [0.2, 0.25) is 0 Å². The van der Waals surface area contributed by atoms with E-state index in [-0.39, 0.29) is 24.3 Å². The third-order valence-electron chi connectivity index (χ3n) is 3.44. The molecule has 2 rings (SSSR count). The molecule has 1 unspecified atom stereocenters. The lowest BCUT2D eigenvalue weighted by Gasteiger charge is -2.11. The summed E-state index contributed by atoms with van der Waals surface area (Å²) in [5.74, 6) is -1.17. The lowest BCUT2D eigenvalue weighted by molar-refractivity contribution is -0.124. The molecule has 2 aromatic heterocycles. The van der Waals surface area contributed by atoms with Crippen LogP contribution in [-0.2, 0) is 9.53 Å². The van der Waals surface area contributed by atoms with Crippen molar-refractivity contribution in [3.63, 3.8) is 0 Å². The van der Waals surface area contributed by atoms with E-state index in [0.717, 1.165) is 17.8 Å². The summed E-state index contributed by atoms with van der Waals surface area (Å²) in [6.07, 6.45) is 2.20. The molecule has 0 aromatic carbocycles. The molecule has 1 atom stereocenters. The zero-order chi connectivity index (χ0) is 18.4. The number of anilines is 1. The molecule has 0 aliphatic rings. The fourth-order valence-electron chi connectivity index (χ4n) is 1.94. The van der Waals surface area contributed by atoms with E-state index >= 15 is 0 Å². The van der Waals surface area contributed by atoms with E-state index in [0.29, 0.717) is 15.4 Å². The van der Waals surface area contributed by atoms with Gasteiger partial charge in [0, 0.05) is 6.04 Å². The summed E-state index contributed by atoms with van der Waals surface area (Å²) in [5.41, 5.74) is 0.659. The predicted octanol–water partition coefficient (Wildman–Crippen LogP) is 2.97. The van der Waals surface area contributed by atoms with Gasteiger partial charge in [0.05, 0.1) is 11.3 Å². The average Bonchev–Trinajstić information content (AvgIpc) is 3.22. The maximum Gasteiger partial charge on any atom is 0.349 e. The van der Waals surface area contributed by atoms with Gasteiger partial charge in [0.2, 0.25) is 0 Å². The molecule has 2 N–H and O–H groups in total. The van der Waals surface area contributed by atoms with Gasteiger partial charge in [-0.3, -0.25) is 9.59 Å². The van der Waals surface area contributed by atoms with E-state index in [1.165, 1.54) is 6.26 Å². The Hall–Kier alpha value is -2.61. The van der Waals surface area contributed by atoms with Crippen molar-refractivity contribution in [3.8, 4) is 0 Å². The standard InChI is InChI=1S/C17H20N2O5S/c1-4-11(3)18-13(20)9-24-17(22)15-10(2)8-14(25-15)19-16(21)12-6-5-7-23-12/h5-8,11H,4,9H2,1-3H3,(H,18,20)(H,19,21). The molecule has 0 saturated heterocycles. The highest BCUT2D eigenvalue weighted by Gasteiger charge is 2.18. The molecular weight excluding hydrogens is 344 g/mol. The summed E-state index contributed by atoms with van der Waals surface area (Å²) in [6.45, 7) is 5.21. The molecule has 7 nitrogen and oxygen atoms in total. The fraction of sp³-hybridized carbons (Fsp3) is 0.353. The summed E-state index contributed by atoms with van der Waals surface area (Å²) in [6, 6.07) is 4.85. The zero-order valence-corrected chi connectivity index (χ0v) is 15.1. The van der Waals surface area contributed by atoms with Crippen molar-refractivity contribution >= 4 is 34.1 Å². The summed E-state index contributed by atoms with van der Waals surface area (Å²) in [4.78, 5) is 36.1. The van der Waals surface area contributed by atoms with Gasteiger partial charge in [0.1, 0.15) is 4.88 Å². The summed E-state index contributed by atoms with van der Waals surface area (Å²) >= 11 is 1.08. The van der Waals surface area contributed by atoms with Crippen LogP contribution in [0.5, 0.6) is 0 Å². The smallest absolute Gasteiger partial charge is 0.349 e. The van der Waals surface area contributed by atoms with Crippen LogP contribution in [0.4, 0.5) is 5.00 Å². The Labute approximate surface area is 149 Å².